The van der Waals surface area contributed by atoms with Crippen LogP contribution in [0.25, 0.3) is 10.9 Å². The van der Waals surface area contributed by atoms with Crippen LogP contribution in [0.3, 0.4) is 0 Å². The average Bonchev–Trinajstić information content (AvgIpc) is 3.34. The van der Waals surface area contributed by atoms with Gasteiger partial charge in [-0.3, -0.25) is 38.6 Å². The Morgan fingerprint density at radius 3 is 2.78 bits per heavy atom. The molecule has 0 aliphatic carbocycles. The molecule has 12 heteroatoms. The van der Waals surface area contributed by atoms with Crippen molar-refractivity contribution in [1.29, 1.82) is 0 Å². The highest BCUT2D eigenvalue weighted by Gasteiger charge is 2.30. The van der Waals surface area contributed by atoms with E-state index in [0.29, 0.717) is 29.1 Å². The van der Waals surface area contributed by atoms with Crippen LogP contribution in [0.1, 0.15) is 35.1 Å². The summed E-state index contributed by atoms with van der Waals surface area (Å²) in [6, 6.07) is 4.11. The van der Waals surface area contributed by atoms with Gasteiger partial charge in [0.25, 0.3) is 11.5 Å². The molecule has 2 aliphatic heterocycles. The van der Waals surface area contributed by atoms with Gasteiger partial charge >= 0.3 is 0 Å². The SMILES string of the molecule is Cc1nc2c(NC(=O)c3cnn(CCN4CCOCC4)c3)cccc2c(=O)n1C1CCC(=O)NC1=O. The number of carbonyl (C=O) groups is 3. The molecule has 3 aromatic rings. The summed E-state index contributed by atoms with van der Waals surface area (Å²) in [5.74, 6) is -0.925. The largest absolute Gasteiger partial charge is 0.379 e. The lowest BCUT2D eigenvalue weighted by molar-refractivity contribution is -0.135. The summed E-state index contributed by atoms with van der Waals surface area (Å²) in [7, 11) is 0. The molecule has 188 valence electrons. The van der Waals surface area contributed by atoms with Crippen LogP contribution in [0.15, 0.2) is 35.4 Å². The van der Waals surface area contributed by atoms with Crippen LogP contribution in [0.5, 0.6) is 0 Å². The predicted octanol–water partition coefficient (Wildman–Crippen LogP) is 0.464. The van der Waals surface area contributed by atoms with Gasteiger partial charge in [-0.25, -0.2) is 4.98 Å². The minimum Gasteiger partial charge on any atom is -0.379 e. The Hall–Kier alpha value is -3.90. The Bertz CT molecular complexity index is 1390. The summed E-state index contributed by atoms with van der Waals surface area (Å²) in [6.07, 6.45) is 3.57. The van der Waals surface area contributed by atoms with Crippen LogP contribution in [0, 0.1) is 6.92 Å². The zero-order chi connectivity index (χ0) is 25.2. The van der Waals surface area contributed by atoms with E-state index in [1.54, 1.807) is 36.0 Å². The highest BCUT2D eigenvalue weighted by molar-refractivity contribution is 6.08. The molecular formula is C24H27N7O5. The number of rotatable bonds is 6. The van der Waals surface area contributed by atoms with Crippen LogP contribution in [0.4, 0.5) is 5.69 Å². The van der Waals surface area contributed by atoms with Crippen molar-refractivity contribution in [2.45, 2.75) is 32.4 Å². The van der Waals surface area contributed by atoms with E-state index in [-0.39, 0.29) is 30.0 Å². The van der Waals surface area contributed by atoms with Crippen molar-refractivity contribution in [2.24, 2.45) is 0 Å². The number of anilines is 1. The second kappa shape index (κ2) is 9.99. The number of amides is 3. The number of nitrogens with zero attached hydrogens (tertiary/aromatic N) is 5. The first-order chi connectivity index (χ1) is 17.4. The second-order valence-corrected chi connectivity index (χ2v) is 8.90. The first-order valence-electron chi connectivity index (χ1n) is 11.9. The van der Waals surface area contributed by atoms with E-state index < -0.39 is 17.5 Å². The maximum atomic E-state index is 13.3. The zero-order valence-electron chi connectivity index (χ0n) is 19.9. The maximum absolute atomic E-state index is 13.3. The summed E-state index contributed by atoms with van der Waals surface area (Å²) in [5.41, 5.74) is 0.701. The molecular weight excluding hydrogens is 466 g/mol. The molecule has 4 heterocycles. The monoisotopic (exact) mass is 493 g/mol. The molecule has 2 saturated heterocycles. The summed E-state index contributed by atoms with van der Waals surface area (Å²) >= 11 is 0. The first kappa shape index (κ1) is 23.8. The van der Waals surface area contributed by atoms with Gasteiger partial charge in [-0.15, -0.1) is 0 Å². The number of aromatic nitrogens is 4. The van der Waals surface area contributed by atoms with Crippen molar-refractivity contribution in [3.8, 4) is 0 Å². The number of benzene rings is 1. The van der Waals surface area contributed by atoms with E-state index in [9.17, 15) is 19.2 Å². The molecule has 0 spiro atoms. The third kappa shape index (κ3) is 4.77. The number of piperidine rings is 1. The molecule has 3 amide bonds. The third-order valence-corrected chi connectivity index (χ3v) is 6.52. The van der Waals surface area contributed by atoms with Gasteiger partial charge < -0.3 is 10.1 Å². The number of ether oxygens (including phenoxy) is 1. The van der Waals surface area contributed by atoms with Crippen molar-refractivity contribution in [3.63, 3.8) is 0 Å². The Morgan fingerprint density at radius 2 is 2.00 bits per heavy atom. The van der Waals surface area contributed by atoms with E-state index >= 15 is 0 Å². The van der Waals surface area contributed by atoms with Gasteiger partial charge in [-0.05, 0) is 25.5 Å². The lowest BCUT2D eigenvalue weighted by Crippen LogP contribution is -2.45. The molecule has 1 unspecified atom stereocenters. The van der Waals surface area contributed by atoms with E-state index in [1.165, 1.54) is 10.8 Å². The fraction of sp³-hybridized carbons (Fsp3) is 0.417. The van der Waals surface area contributed by atoms with E-state index in [2.05, 4.69) is 25.6 Å². The molecule has 2 aromatic heterocycles. The third-order valence-electron chi connectivity index (χ3n) is 6.52. The van der Waals surface area contributed by atoms with Crippen LogP contribution < -0.4 is 16.2 Å². The Labute approximate surface area is 206 Å². The van der Waals surface area contributed by atoms with Crippen molar-refractivity contribution in [2.75, 3.05) is 38.2 Å². The van der Waals surface area contributed by atoms with Crippen LogP contribution in [0.2, 0.25) is 0 Å². The Morgan fingerprint density at radius 1 is 1.19 bits per heavy atom. The smallest absolute Gasteiger partial charge is 0.262 e. The molecule has 36 heavy (non-hydrogen) atoms. The molecule has 12 nitrogen and oxygen atoms in total. The van der Waals surface area contributed by atoms with Crippen molar-refractivity contribution < 1.29 is 19.1 Å². The highest BCUT2D eigenvalue weighted by atomic mass is 16.5. The van der Waals surface area contributed by atoms with E-state index in [0.717, 1.165) is 32.8 Å². The number of para-hydroxylation sites is 1. The molecule has 2 N–H and O–H groups in total. The minimum atomic E-state index is -0.811. The molecule has 0 bridgehead atoms. The number of fused-ring (bicyclic) bond motifs is 1. The molecule has 5 rings (SSSR count). The minimum absolute atomic E-state index is 0.149. The van der Waals surface area contributed by atoms with Crippen LogP contribution in [-0.4, -0.2) is 74.8 Å². The molecule has 1 aromatic carbocycles. The lowest BCUT2D eigenvalue weighted by atomic mass is 10.1. The van der Waals surface area contributed by atoms with Gasteiger partial charge in [0, 0.05) is 32.3 Å². The predicted molar refractivity (Wildman–Crippen MR) is 130 cm³/mol. The second-order valence-electron chi connectivity index (χ2n) is 8.90. The Kier molecular flexibility index (Phi) is 6.61. The van der Waals surface area contributed by atoms with E-state index in [4.69, 9.17) is 4.74 Å². The molecule has 1 atom stereocenters. The number of aryl methyl sites for hydroxylation is 1. The van der Waals surface area contributed by atoms with Gasteiger partial charge in [0.05, 0.1) is 42.6 Å². The quantitative estimate of drug-likeness (QED) is 0.472. The number of hydrogen-bond donors (Lipinski definition) is 2. The van der Waals surface area contributed by atoms with Gasteiger partial charge in [-0.1, -0.05) is 6.07 Å². The van der Waals surface area contributed by atoms with Gasteiger partial charge in [0.1, 0.15) is 17.4 Å². The van der Waals surface area contributed by atoms with Crippen molar-refractivity contribution in [3.05, 3.63) is 52.3 Å². The number of nitrogens with one attached hydrogen (secondary N) is 2. The van der Waals surface area contributed by atoms with Gasteiger partial charge in [0.2, 0.25) is 11.8 Å². The fourth-order valence-electron chi connectivity index (χ4n) is 4.59. The lowest BCUT2D eigenvalue weighted by Gasteiger charge is -2.26. The maximum Gasteiger partial charge on any atom is 0.262 e. The summed E-state index contributed by atoms with van der Waals surface area (Å²) in [6.45, 7) is 6.32. The van der Waals surface area contributed by atoms with Crippen LogP contribution in [-0.2, 0) is 20.9 Å². The summed E-state index contributed by atoms with van der Waals surface area (Å²) < 4.78 is 8.41. The van der Waals surface area contributed by atoms with Gasteiger partial charge in [0.15, 0.2) is 0 Å². The first-order valence-corrected chi connectivity index (χ1v) is 11.9. The van der Waals surface area contributed by atoms with Crippen LogP contribution >= 0.6 is 0 Å². The van der Waals surface area contributed by atoms with Crippen molar-refractivity contribution in [1.82, 2.24) is 29.5 Å². The summed E-state index contributed by atoms with van der Waals surface area (Å²) in [5, 5.41) is 9.68. The normalized spacial score (nSPS) is 18.9. The number of carbonyl (C=O) groups excluding carboxylic acids is 3. The van der Waals surface area contributed by atoms with Crippen molar-refractivity contribution >= 4 is 34.3 Å². The van der Waals surface area contributed by atoms with Gasteiger partial charge in [-0.2, -0.15) is 5.10 Å². The standard InChI is InChI=1S/C24H27N7O5/c1-15-26-21-17(24(35)31(15)19-5-6-20(32)28-23(19)34)3-2-4-18(21)27-22(33)16-13-25-30(14-16)8-7-29-9-11-36-12-10-29/h2-4,13-14,19H,5-12H2,1H3,(H,27,33)(H,28,32,34). The topological polar surface area (TPSA) is 140 Å². The van der Waals surface area contributed by atoms with E-state index in [1.807, 2.05) is 0 Å². The molecule has 0 radical (unpaired) electrons. The number of hydrogen-bond acceptors (Lipinski definition) is 8. The highest BCUT2D eigenvalue weighted by Crippen LogP contribution is 2.24. The zero-order valence-corrected chi connectivity index (χ0v) is 19.9. The number of imide groups is 1. The molecule has 2 aliphatic rings. The Balaban J connectivity index is 1.35. The fourth-order valence-corrected chi connectivity index (χ4v) is 4.59. The average molecular weight is 494 g/mol. The molecule has 0 saturated carbocycles. The number of morpholine rings is 1. The molecule has 2 fully saturated rings. The summed E-state index contributed by atoms with van der Waals surface area (Å²) in [4.78, 5) is 57.0.